The van der Waals surface area contributed by atoms with E-state index in [0.29, 0.717) is 5.92 Å². The topological polar surface area (TPSA) is 25.2 Å². The largest absolute Gasteiger partial charge is 0.353 e. The van der Waals surface area contributed by atoms with Crippen LogP contribution >= 0.6 is 0 Å². The Bertz CT molecular complexity index is 810. The molecule has 1 aliphatic carbocycles. The monoisotopic (exact) mass is 362 g/mol. The van der Waals surface area contributed by atoms with E-state index in [1.165, 1.54) is 29.7 Å². The van der Waals surface area contributed by atoms with Crippen molar-refractivity contribution in [3.8, 4) is 0 Å². The number of nitrogens with zero attached hydrogens (tertiary/aromatic N) is 2. The molecular weight excluding hydrogens is 332 g/mol. The normalized spacial score (nSPS) is 18.7. The smallest absolute Gasteiger partial charge is 0.187 e. The summed E-state index contributed by atoms with van der Waals surface area (Å²) >= 11 is 0. The third-order valence-corrected chi connectivity index (χ3v) is 6.18. The van der Waals surface area contributed by atoms with Crippen LogP contribution < -0.4 is 0 Å². The van der Waals surface area contributed by atoms with E-state index in [9.17, 15) is 4.79 Å². The van der Waals surface area contributed by atoms with E-state index in [-0.39, 0.29) is 5.78 Å². The maximum Gasteiger partial charge on any atom is 0.187 e. The predicted molar refractivity (Wildman–Crippen MR) is 110 cm³/mol. The molecule has 0 amide bonds. The number of aryl methyl sites for hydroxylation is 1. The summed E-state index contributed by atoms with van der Waals surface area (Å²) in [5.41, 5.74) is 4.99. The van der Waals surface area contributed by atoms with Crippen molar-refractivity contribution >= 4 is 5.78 Å². The van der Waals surface area contributed by atoms with Crippen LogP contribution in [0, 0.1) is 5.92 Å². The van der Waals surface area contributed by atoms with Crippen molar-refractivity contribution in [1.82, 2.24) is 9.47 Å². The molecule has 27 heavy (non-hydrogen) atoms. The quantitative estimate of drug-likeness (QED) is 0.576. The van der Waals surface area contributed by atoms with Gasteiger partial charge in [-0.1, -0.05) is 36.4 Å². The molecule has 0 saturated carbocycles. The van der Waals surface area contributed by atoms with Gasteiger partial charge in [0.1, 0.15) is 0 Å². The van der Waals surface area contributed by atoms with Crippen LogP contribution in [-0.2, 0) is 26.4 Å². The number of likely N-dealkylation sites (tertiary alicyclic amines) is 1. The second-order valence-corrected chi connectivity index (χ2v) is 8.11. The Labute approximate surface area is 162 Å². The number of hydrogen-bond acceptors (Lipinski definition) is 2. The Morgan fingerprint density at radius 2 is 1.85 bits per heavy atom. The minimum absolute atomic E-state index is 0.195. The summed E-state index contributed by atoms with van der Waals surface area (Å²) < 4.78 is 2.16. The van der Waals surface area contributed by atoms with E-state index in [4.69, 9.17) is 0 Å². The first-order chi connectivity index (χ1) is 13.2. The minimum atomic E-state index is 0.195. The second-order valence-electron chi connectivity index (χ2n) is 8.11. The average molecular weight is 363 g/mol. The first-order valence-electron chi connectivity index (χ1n) is 10.4. The number of fused-ring (bicyclic) bond motifs is 1. The molecule has 0 unspecified atom stereocenters. The van der Waals surface area contributed by atoms with Crippen LogP contribution in [0.5, 0.6) is 0 Å². The Hall–Kier alpha value is -2.13. The van der Waals surface area contributed by atoms with E-state index in [0.717, 1.165) is 50.9 Å². The zero-order valence-corrected chi connectivity index (χ0v) is 16.4. The molecule has 0 bridgehead atoms. The highest BCUT2D eigenvalue weighted by Gasteiger charge is 2.21. The van der Waals surface area contributed by atoms with Crippen LogP contribution in [0.4, 0.5) is 0 Å². The highest BCUT2D eigenvalue weighted by molar-refractivity contribution is 6.05. The number of benzene rings is 1. The molecule has 0 N–H and O–H groups in total. The molecule has 1 saturated heterocycles. The summed E-state index contributed by atoms with van der Waals surface area (Å²) in [6.45, 7) is 3.25. The van der Waals surface area contributed by atoms with Gasteiger partial charge < -0.3 is 4.57 Å². The zero-order chi connectivity index (χ0) is 18.6. The van der Waals surface area contributed by atoms with Crippen molar-refractivity contribution in [1.29, 1.82) is 0 Å². The number of ketones is 1. The van der Waals surface area contributed by atoms with E-state index in [1.54, 1.807) is 0 Å². The molecular formula is C24H30N2O. The molecule has 0 spiro atoms. The predicted octanol–water partition coefficient (Wildman–Crippen LogP) is 4.56. The lowest BCUT2D eigenvalue weighted by atomic mass is 9.92. The van der Waals surface area contributed by atoms with E-state index in [1.807, 2.05) is 12.3 Å². The van der Waals surface area contributed by atoms with Gasteiger partial charge in [-0.15, -0.1) is 0 Å². The summed E-state index contributed by atoms with van der Waals surface area (Å²) in [6.07, 6.45) is 13.0. The van der Waals surface area contributed by atoms with Gasteiger partial charge >= 0.3 is 0 Å². The van der Waals surface area contributed by atoms with Crippen molar-refractivity contribution < 1.29 is 4.79 Å². The van der Waals surface area contributed by atoms with Gasteiger partial charge in [-0.25, -0.2) is 0 Å². The lowest BCUT2D eigenvalue weighted by Gasteiger charge is -2.30. The molecule has 1 fully saturated rings. The van der Waals surface area contributed by atoms with Crippen LogP contribution in [0.25, 0.3) is 0 Å². The van der Waals surface area contributed by atoms with Crippen molar-refractivity contribution in [3.63, 3.8) is 0 Å². The van der Waals surface area contributed by atoms with Crippen LogP contribution in [0.2, 0.25) is 0 Å². The first-order valence-corrected chi connectivity index (χ1v) is 10.4. The summed E-state index contributed by atoms with van der Waals surface area (Å²) in [5.74, 6) is 0.723. The van der Waals surface area contributed by atoms with Crippen molar-refractivity contribution in [3.05, 3.63) is 71.1 Å². The number of allylic oxidation sites excluding steroid dienone is 2. The molecule has 1 aromatic carbocycles. The third-order valence-electron chi connectivity index (χ3n) is 6.18. The fraction of sp³-hybridized carbons (Fsp3) is 0.458. The van der Waals surface area contributed by atoms with Gasteiger partial charge in [0.2, 0.25) is 0 Å². The zero-order valence-electron chi connectivity index (χ0n) is 16.4. The SMILES string of the molecule is Cn1cc(C(=O)C=CC2CCN(Cc3ccccc3)CC2)c2c1CCCC2. The summed E-state index contributed by atoms with van der Waals surface area (Å²) in [6, 6.07) is 10.7. The highest BCUT2D eigenvalue weighted by Crippen LogP contribution is 2.27. The summed E-state index contributed by atoms with van der Waals surface area (Å²) in [7, 11) is 2.08. The van der Waals surface area contributed by atoms with E-state index in [2.05, 4.69) is 52.9 Å². The van der Waals surface area contributed by atoms with Crippen molar-refractivity contribution in [2.75, 3.05) is 13.1 Å². The van der Waals surface area contributed by atoms with Crippen LogP contribution in [0.3, 0.4) is 0 Å². The summed E-state index contributed by atoms with van der Waals surface area (Å²) in [4.78, 5) is 15.3. The van der Waals surface area contributed by atoms with Crippen LogP contribution in [0.15, 0.2) is 48.7 Å². The average Bonchev–Trinajstić information content (AvgIpc) is 3.05. The molecule has 2 aromatic rings. The number of hydrogen-bond donors (Lipinski definition) is 0. The van der Waals surface area contributed by atoms with Crippen LogP contribution in [0.1, 0.15) is 52.9 Å². The molecule has 0 radical (unpaired) electrons. The molecule has 3 heteroatoms. The fourth-order valence-electron chi connectivity index (χ4n) is 4.59. The number of aromatic nitrogens is 1. The minimum Gasteiger partial charge on any atom is -0.353 e. The number of carbonyl (C=O) groups is 1. The van der Waals surface area contributed by atoms with Gasteiger partial charge in [-0.05, 0) is 74.7 Å². The Morgan fingerprint density at radius 3 is 2.63 bits per heavy atom. The van der Waals surface area contributed by atoms with E-state index < -0.39 is 0 Å². The Balaban J connectivity index is 1.32. The lowest BCUT2D eigenvalue weighted by Crippen LogP contribution is -2.32. The van der Waals surface area contributed by atoms with Crippen molar-refractivity contribution in [2.24, 2.45) is 13.0 Å². The van der Waals surface area contributed by atoms with Gasteiger partial charge in [-0.2, -0.15) is 0 Å². The van der Waals surface area contributed by atoms with Gasteiger partial charge in [0.15, 0.2) is 5.78 Å². The van der Waals surface area contributed by atoms with Crippen LogP contribution in [-0.4, -0.2) is 28.3 Å². The second kappa shape index (κ2) is 8.26. The standard InChI is InChI=1S/C24H30N2O/c1-25-18-22(21-9-5-6-10-23(21)25)24(27)12-11-19-13-15-26(16-14-19)17-20-7-3-2-4-8-20/h2-4,7-8,11-12,18-19H,5-6,9-10,13-17H2,1H3. The number of piperidine rings is 1. The fourth-order valence-corrected chi connectivity index (χ4v) is 4.59. The molecule has 4 rings (SSSR count). The molecule has 0 atom stereocenters. The van der Waals surface area contributed by atoms with Gasteiger partial charge in [0.25, 0.3) is 0 Å². The molecule has 2 heterocycles. The molecule has 1 aliphatic heterocycles. The first kappa shape index (κ1) is 18.2. The van der Waals surface area contributed by atoms with Crippen molar-refractivity contribution in [2.45, 2.75) is 45.1 Å². The third kappa shape index (κ3) is 4.24. The highest BCUT2D eigenvalue weighted by atomic mass is 16.1. The Kier molecular flexibility index (Phi) is 5.58. The lowest BCUT2D eigenvalue weighted by molar-refractivity contribution is 0.104. The maximum absolute atomic E-state index is 12.8. The number of carbonyl (C=O) groups excluding carboxylic acids is 1. The molecule has 2 aliphatic rings. The molecule has 142 valence electrons. The van der Waals surface area contributed by atoms with Gasteiger partial charge in [0.05, 0.1) is 0 Å². The van der Waals surface area contributed by atoms with E-state index >= 15 is 0 Å². The molecule has 1 aromatic heterocycles. The molecule has 3 nitrogen and oxygen atoms in total. The van der Waals surface area contributed by atoms with Gasteiger partial charge in [0, 0.05) is 31.0 Å². The number of rotatable bonds is 5. The Morgan fingerprint density at radius 1 is 1.11 bits per heavy atom. The van der Waals surface area contributed by atoms with Gasteiger partial charge in [-0.3, -0.25) is 9.69 Å². The summed E-state index contributed by atoms with van der Waals surface area (Å²) in [5, 5.41) is 0. The maximum atomic E-state index is 12.8.